The maximum absolute atomic E-state index is 11.8. The van der Waals surface area contributed by atoms with Crippen LogP contribution in [0.3, 0.4) is 0 Å². The first-order chi connectivity index (χ1) is 14.1. The van der Waals surface area contributed by atoms with Crippen LogP contribution in [0.25, 0.3) is 0 Å². The zero-order valence-electron chi connectivity index (χ0n) is 18.1. The highest BCUT2D eigenvalue weighted by Crippen LogP contribution is 2.31. The van der Waals surface area contributed by atoms with Gasteiger partial charge in [0.15, 0.2) is 0 Å². The van der Waals surface area contributed by atoms with Crippen molar-refractivity contribution < 1.29 is 14.8 Å². The Morgan fingerprint density at radius 1 is 0.828 bits per heavy atom. The molecule has 164 valence electrons. The van der Waals surface area contributed by atoms with Crippen molar-refractivity contribution >= 4 is 5.97 Å². The van der Waals surface area contributed by atoms with Crippen LogP contribution in [0.15, 0.2) is 30.3 Å². The fourth-order valence-corrected chi connectivity index (χ4v) is 3.94. The maximum atomic E-state index is 11.8. The minimum absolute atomic E-state index is 0.0391. The number of unbranched alkanes of at least 4 members (excludes halogenated alkanes) is 13. The van der Waals surface area contributed by atoms with Gasteiger partial charge in [-0.3, -0.25) is 10.1 Å². The topological polar surface area (TPSA) is 80.4 Å². The molecular formula is C24H39NO4. The number of benzene rings is 1. The lowest BCUT2D eigenvalue weighted by atomic mass is 9.85. The van der Waals surface area contributed by atoms with Crippen LogP contribution in [0.2, 0.25) is 0 Å². The molecule has 0 fully saturated rings. The van der Waals surface area contributed by atoms with Crippen molar-refractivity contribution in [2.45, 2.75) is 109 Å². The molecule has 0 radical (unpaired) electrons. The molecule has 29 heavy (non-hydrogen) atoms. The van der Waals surface area contributed by atoms with E-state index in [1.807, 2.05) is 0 Å². The highest BCUT2D eigenvalue weighted by Gasteiger charge is 2.52. The molecule has 0 aliphatic heterocycles. The fourth-order valence-electron chi connectivity index (χ4n) is 3.94. The Morgan fingerprint density at radius 3 is 1.62 bits per heavy atom. The number of carboxylic acids is 1. The number of rotatable bonds is 18. The number of hydrogen-bond donors (Lipinski definition) is 1. The van der Waals surface area contributed by atoms with E-state index in [2.05, 4.69) is 6.92 Å². The molecule has 0 saturated carbocycles. The van der Waals surface area contributed by atoms with E-state index in [0.29, 0.717) is 6.42 Å². The molecule has 0 aliphatic carbocycles. The van der Waals surface area contributed by atoms with E-state index in [1.54, 1.807) is 30.3 Å². The quantitative estimate of drug-likeness (QED) is 0.160. The second-order valence-electron chi connectivity index (χ2n) is 8.13. The van der Waals surface area contributed by atoms with Crippen LogP contribution in [0.1, 0.15) is 109 Å². The van der Waals surface area contributed by atoms with Crippen molar-refractivity contribution in [3.63, 3.8) is 0 Å². The summed E-state index contributed by atoms with van der Waals surface area (Å²) in [6.45, 7) is 2.24. The highest BCUT2D eigenvalue weighted by atomic mass is 16.6. The molecule has 0 bridgehead atoms. The summed E-state index contributed by atoms with van der Waals surface area (Å²) in [6.07, 6.45) is 16.8. The molecule has 1 aromatic carbocycles. The second-order valence-corrected chi connectivity index (χ2v) is 8.13. The molecule has 0 heterocycles. The van der Waals surface area contributed by atoms with Crippen molar-refractivity contribution in [1.82, 2.24) is 0 Å². The summed E-state index contributed by atoms with van der Waals surface area (Å²) in [4.78, 5) is 22.8. The molecule has 1 unspecified atom stereocenters. The molecule has 1 aromatic rings. The van der Waals surface area contributed by atoms with Gasteiger partial charge in [0, 0.05) is 16.9 Å². The predicted molar refractivity (Wildman–Crippen MR) is 118 cm³/mol. The van der Waals surface area contributed by atoms with E-state index in [-0.39, 0.29) is 12.0 Å². The van der Waals surface area contributed by atoms with Gasteiger partial charge >= 0.3 is 11.5 Å². The summed E-state index contributed by atoms with van der Waals surface area (Å²) in [7, 11) is 0. The molecule has 1 rings (SSSR count). The van der Waals surface area contributed by atoms with E-state index in [0.717, 1.165) is 19.3 Å². The average molecular weight is 406 g/mol. The van der Waals surface area contributed by atoms with E-state index in [4.69, 9.17) is 0 Å². The minimum atomic E-state index is -2.03. The third-order valence-corrected chi connectivity index (χ3v) is 5.81. The van der Waals surface area contributed by atoms with E-state index < -0.39 is 16.4 Å². The van der Waals surface area contributed by atoms with Crippen LogP contribution in [-0.4, -0.2) is 16.0 Å². The number of carbonyl (C=O) groups is 1. The summed E-state index contributed by atoms with van der Waals surface area (Å²) in [6, 6.07) is 8.13. The smallest absolute Gasteiger partial charge is 0.387 e. The molecular weight excluding hydrogens is 366 g/mol. The van der Waals surface area contributed by atoms with Crippen LogP contribution >= 0.6 is 0 Å². The highest BCUT2D eigenvalue weighted by molar-refractivity contribution is 5.79. The lowest BCUT2D eigenvalue weighted by Crippen LogP contribution is -2.43. The summed E-state index contributed by atoms with van der Waals surface area (Å²) >= 11 is 0. The fraction of sp³-hybridized carbons (Fsp3) is 0.708. The lowest BCUT2D eigenvalue weighted by Gasteiger charge is -2.21. The van der Waals surface area contributed by atoms with E-state index >= 15 is 0 Å². The van der Waals surface area contributed by atoms with Gasteiger partial charge in [-0.05, 0) is 6.42 Å². The molecule has 1 atom stereocenters. The van der Waals surface area contributed by atoms with Gasteiger partial charge in [-0.25, -0.2) is 4.79 Å². The first-order valence-electron chi connectivity index (χ1n) is 11.5. The maximum Gasteiger partial charge on any atom is 0.387 e. The van der Waals surface area contributed by atoms with E-state index in [9.17, 15) is 20.0 Å². The Balaban J connectivity index is 2.19. The molecule has 0 saturated heterocycles. The van der Waals surface area contributed by atoms with Crippen LogP contribution in [0.4, 0.5) is 0 Å². The zero-order valence-corrected chi connectivity index (χ0v) is 18.1. The standard InChI is InChI=1S/C24H39NO4/c1-2-3-4-5-6-7-8-9-10-11-12-13-14-18-21-24(23(26)27,25(28)29)22-19-16-15-17-20-22/h15-17,19-20H,2-14,18,21H2,1H3,(H,26,27). The van der Waals surface area contributed by atoms with Crippen molar-refractivity contribution in [2.24, 2.45) is 0 Å². The average Bonchev–Trinajstić information content (AvgIpc) is 2.71. The van der Waals surface area contributed by atoms with Crippen LogP contribution in [0.5, 0.6) is 0 Å². The van der Waals surface area contributed by atoms with Gasteiger partial charge < -0.3 is 5.11 Å². The Kier molecular flexibility index (Phi) is 13.0. The number of nitro groups is 1. The van der Waals surface area contributed by atoms with Crippen LogP contribution in [0, 0.1) is 10.1 Å². The number of aliphatic carboxylic acids is 1. The summed E-state index contributed by atoms with van der Waals surface area (Å²) in [5.74, 6) is -1.37. The molecule has 5 heteroatoms. The Hall–Kier alpha value is -1.91. The van der Waals surface area contributed by atoms with Gasteiger partial charge in [0.25, 0.3) is 0 Å². The van der Waals surface area contributed by atoms with Crippen LogP contribution < -0.4 is 0 Å². The first-order valence-corrected chi connectivity index (χ1v) is 11.5. The summed E-state index contributed by atoms with van der Waals surface area (Å²) in [5, 5.41) is 21.3. The number of nitrogens with zero attached hydrogens (tertiary/aromatic N) is 1. The molecule has 5 nitrogen and oxygen atoms in total. The van der Waals surface area contributed by atoms with E-state index in [1.165, 1.54) is 64.2 Å². The van der Waals surface area contributed by atoms with Crippen molar-refractivity contribution in [1.29, 1.82) is 0 Å². The normalized spacial score (nSPS) is 13.1. The van der Waals surface area contributed by atoms with Crippen molar-refractivity contribution in [3.8, 4) is 0 Å². The third kappa shape index (κ3) is 8.97. The second kappa shape index (κ2) is 15.0. The molecule has 0 aliphatic rings. The Bertz CT molecular complexity index is 560. The van der Waals surface area contributed by atoms with Crippen molar-refractivity contribution in [3.05, 3.63) is 46.0 Å². The lowest BCUT2D eigenvalue weighted by molar-refractivity contribution is -0.565. The number of hydrogen-bond acceptors (Lipinski definition) is 3. The molecule has 0 spiro atoms. The number of carboxylic acid groups (broad SMARTS) is 1. The first kappa shape index (κ1) is 25.1. The monoisotopic (exact) mass is 405 g/mol. The Labute approximate surface area is 176 Å². The van der Waals surface area contributed by atoms with Gasteiger partial charge in [-0.1, -0.05) is 121 Å². The predicted octanol–water partition coefficient (Wildman–Crippen LogP) is 7.11. The molecule has 0 amide bonds. The summed E-state index contributed by atoms with van der Waals surface area (Å²) in [5.41, 5.74) is -1.77. The molecule has 1 N–H and O–H groups in total. The van der Waals surface area contributed by atoms with Crippen LogP contribution in [-0.2, 0) is 10.3 Å². The minimum Gasteiger partial charge on any atom is -0.476 e. The van der Waals surface area contributed by atoms with Gasteiger partial charge in [-0.2, -0.15) is 0 Å². The van der Waals surface area contributed by atoms with Gasteiger partial charge in [0.05, 0.1) is 0 Å². The summed E-state index contributed by atoms with van der Waals surface area (Å²) < 4.78 is 0. The SMILES string of the molecule is CCCCCCCCCCCCCCCCC(C(=O)O)(c1ccccc1)[N+](=O)[O-]. The third-order valence-electron chi connectivity index (χ3n) is 5.81. The zero-order chi connectivity index (χ0) is 21.4. The van der Waals surface area contributed by atoms with Gasteiger partial charge in [0.1, 0.15) is 0 Å². The Morgan fingerprint density at radius 2 is 1.24 bits per heavy atom. The van der Waals surface area contributed by atoms with Crippen molar-refractivity contribution in [2.75, 3.05) is 0 Å². The largest absolute Gasteiger partial charge is 0.476 e. The van der Waals surface area contributed by atoms with Gasteiger partial charge in [0.2, 0.25) is 0 Å². The van der Waals surface area contributed by atoms with Gasteiger partial charge in [-0.15, -0.1) is 0 Å². The molecule has 0 aromatic heterocycles.